The van der Waals surface area contributed by atoms with Crippen molar-refractivity contribution in [2.75, 3.05) is 0 Å². The van der Waals surface area contributed by atoms with Crippen molar-refractivity contribution in [3.05, 3.63) is 82.9 Å². The Kier molecular flexibility index (Phi) is 6.46. The number of rotatable bonds is 7. The molecule has 2 heterocycles. The van der Waals surface area contributed by atoms with Crippen LogP contribution in [0.5, 0.6) is 5.75 Å². The molecule has 0 radical (unpaired) electrons. The molecule has 6 nitrogen and oxygen atoms in total. The van der Waals surface area contributed by atoms with Crippen molar-refractivity contribution < 1.29 is 9.53 Å². The average molecular weight is 471 g/mol. The van der Waals surface area contributed by atoms with E-state index in [1.807, 2.05) is 37.4 Å². The molecule has 0 spiro atoms. The molecular formula is C29H34N4O2. The summed E-state index contributed by atoms with van der Waals surface area (Å²) in [5.41, 5.74) is 4.29. The van der Waals surface area contributed by atoms with Crippen molar-refractivity contribution in [1.82, 2.24) is 19.7 Å². The van der Waals surface area contributed by atoms with E-state index in [9.17, 15) is 4.79 Å². The Balaban J connectivity index is 1.19. The quantitative estimate of drug-likeness (QED) is 0.435. The molecule has 0 unspecified atom stereocenters. The predicted octanol–water partition coefficient (Wildman–Crippen LogP) is 5.84. The fourth-order valence-electron chi connectivity index (χ4n) is 5.40. The molecule has 1 aliphatic heterocycles. The Labute approximate surface area is 207 Å². The maximum Gasteiger partial charge on any atom is 0.254 e. The lowest BCUT2D eigenvalue weighted by Gasteiger charge is -2.34. The van der Waals surface area contributed by atoms with Crippen molar-refractivity contribution in [2.45, 2.75) is 70.6 Å². The van der Waals surface area contributed by atoms with E-state index in [1.54, 1.807) is 0 Å². The smallest absolute Gasteiger partial charge is 0.254 e. The van der Waals surface area contributed by atoms with E-state index < -0.39 is 0 Å². The van der Waals surface area contributed by atoms with Crippen LogP contribution < -0.4 is 4.74 Å². The minimum atomic E-state index is 0.165. The highest BCUT2D eigenvalue weighted by molar-refractivity contribution is 5.98. The summed E-state index contributed by atoms with van der Waals surface area (Å²) >= 11 is 0. The number of ether oxygens (including phenoxy) is 1. The molecule has 1 aliphatic carbocycles. The molecule has 0 bridgehead atoms. The molecular weight excluding hydrogens is 436 g/mol. The summed E-state index contributed by atoms with van der Waals surface area (Å²) in [6.45, 7) is 9.31. The molecule has 0 saturated heterocycles. The predicted molar refractivity (Wildman–Crippen MR) is 137 cm³/mol. The highest BCUT2D eigenvalue weighted by atomic mass is 16.5. The molecule has 1 amide bonds. The van der Waals surface area contributed by atoms with Crippen molar-refractivity contribution in [3.8, 4) is 5.75 Å². The summed E-state index contributed by atoms with van der Waals surface area (Å²) in [7, 11) is 2.03. The molecule has 1 saturated carbocycles. The van der Waals surface area contributed by atoms with E-state index in [-0.39, 0.29) is 11.9 Å². The van der Waals surface area contributed by atoms with E-state index in [0.717, 1.165) is 59.8 Å². The maximum atomic E-state index is 13.0. The van der Waals surface area contributed by atoms with Crippen LogP contribution in [-0.4, -0.2) is 31.6 Å². The first-order valence-electron chi connectivity index (χ1n) is 12.6. The van der Waals surface area contributed by atoms with Gasteiger partial charge in [-0.3, -0.25) is 4.79 Å². The van der Waals surface area contributed by atoms with Crippen molar-refractivity contribution in [3.63, 3.8) is 0 Å². The van der Waals surface area contributed by atoms with Gasteiger partial charge in [-0.15, -0.1) is 10.2 Å². The van der Waals surface area contributed by atoms with Gasteiger partial charge in [-0.05, 0) is 72.6 Å². The third-order valence-corrected chi connectivity index (χ3v) is 7.59. The molecule has 0 atom stereocenters. The zero-order valence-electron chi connectivity index (χ0n) is 20.9. The lowest BCUT2D eigenvalue weighted by atomic mass is 9.84. The molecule has 5 rings (SSSR count). The topological polar surface area (TPSA) is 60.2 Å². The number of aromatic nitrogens is 3. The van der Waals surface area contributed by atoms with Gasteiger partial charge in [-0.1, -0.05) is 44.7 Å². The van der Waals surface area contributed by atoms with Crippen LogP contribution in [0.3, 0.4) is 0 Å². The summed E-state index contributed by atoms with van der Waals surface area (Å²) in [5.74, 6) is 3.69. The molecule has 2 aromatic carbocycles. The maximum absolute atomic E-state index is 13.0. The van der Waals surface area contributed by atoms with Gasteiger partial charge in [-0.25, -0.2) is 0 Å². The van der Waals surface area contributed by atoms with Gasteiger partial charge in [0.2, 0.25) is 0 Å². The monoisotopic (exact) mass is 470 g/mol. The zero-order valence-corrected chi connectivity index (χ0v) is 20.9. The van der Waals surface area contributed by atoms with Crippen LogP contribution >= 0.6 is 0 Å². The van der Waals surface area contributed by atoms with E-state index >= 15 is 0 Å². The molecule has 1 fully saturated rings. The summed E-state index contributed by atoms with van der Waals surface area (Å²) < 4.78 is 8.12. The van der Waals surface area contributed by atoms with Gasteiger partial charge in [0.25, 0.3) is 5.91 Å². The van der Waals surface area contributed by atoms with Crippen molar-refractivity contribution >= 4 is 12.0 Å². The Morgan fingerprint density at radius 2 is 1.91 bits per heavy atom. The van der Waals surface area contributed by atoms with Crippen molar-refractivity contribution in [1.29, 1.82) is 0 Å². The number of amides is 1. The fraction of sp³-hybridized carbons (Fsp3) is 0.414. The number of carbonyl (C=O) groups excluding carboxylic acids is 1. The average Bonchev–Trinajstić information content (AvgIpc) is 3.41. The third kappa shape index (κ3) is 4.62. The lowest BCUT2D eigenvalue weighted by molar-refractivity contribution is 0.0650. The minimum absolute atomic E-state index is 0.165. The summed E-state index contributed by atoms with van der Waals surface area (Å²) in [4.78, 5) is 15.1. The molecule has 1 aromatic heterocycles. The minimum Gasteiger partial charge on any atom is -0.486 e. The number of fused-ring (bicyclic) bond motifs is 1. The van der Waals surface area contributed by atoms with Crippen LogP contribution in [0.1, 0.15) is 90.1 Å². The highest BCUT2D eigenvalue weighted by Crippen LogP contribution is 2.37. The third-order valence-electron chi connectivity index (χ3n) is 7.59. The SMILES string of the molecule is C=Cc1ccc2c(c1)CN(C1CCC(c3nnc(COc4cccc(C(C)C)c4)n3C)CC1)C2=O. The molecule has 0 N–H and O–H groups in total. The summed E-state index contributed by atoms with van der Waals surface area (Å²) in [6, 6.07) is 14.5. The second kappa shape index (κ2) is 9.68. The van der Waals surface area contributed by atoms with E-state index in [2.05, 4.69) is 58.3 Å². The zero-order chi connectivity index (χ0) is 24.5. The normalized spacial score (nSPS) is 19.8. The van der Waals surface area contributed by atoms with Crippen molar-refractivity contribution in [2.24, 2.45) is 7.05 Å². The van der Waals surface area contributed by atoms with E-state index in [1.165, 1.54) is 5.56 Å². The standard InChI is InChI=1S/C29H34N4O2/c1-5-20-9-14-26-23(15-20)17-33(29(26)34)24-12-10-21(11-13-24)28-31-30-27(32(28)4)18-35-25-8-6-7-22(16-25)19(2)3/h5-9,14-16,19,21,24H,1,10-13,17-18H2,2-4H3. The molecule has 2 aliphatic rings. The Morgan fingerprint density at radius 1 is 1.11 bits per heavy atom. The number of hydrogen-bond acceptors (Lipinski definition) is 4. The Morgan fingerprint density at radius 3 is 2.66 bits per heavy atom. The van der Waals surface area contributed by atoms with Crippen LogP contribution in [0.25, 0.3) is 6.08 Å². The second-order valence-electron chi connectivity index (χ2n) is 10.1. The van der Waals surface area contributed by atoms with Crippen LogP contribution in [-0.2, 0) is 20.2 Å². The van der Waals surface area contributed by atoms with Gasteiger partial charge >= 0.3 is 0 Å². The number of carbonyl (C=O) groups is 1. The molecule has 6 heteroatoms. The number of benzene rings is 2. The van der Waals surface area contributed by atoms with Crippen LogP contribution in [0, 0.1) is 0 Å². The number of nitrogens with zero attached hydrogens (tertiary/aromatic N) is 4. The first-order valence-corrected chi connectivity index (χ1v) is 12.6. The first kappa shape index (κ1) is 23.3. The summed E-state index contributed by atoms with van der Waals surface area (Å²) in [5, 5.41) is 8.96. The molecule has 3 aromatic rings. The van der Waals surface area contributed by atoms with E-state index in [0.29, 0.717) is 25.0 Å². The van der Waals surface area contributed by atoms with Gasteiger partial charge in [0.15, 0.2) is 5.82 Å². The van der Waals surface area contributed by atoms with Gasteiger partial charge in [0.05, 0.1) is 0 Å². The van der Waals surface area contributed by atoms with Gasteiger partial charge in [0.1, 0.15) is 18.2 Å². The number of hydrogen-bond donors (Lipinski definition) is 0. The molecule has 182 valence electrons. The van der Waals surface area contributed by atoms with Gasteiger partial charge in [0, 0.05) is 31.1 Å². The first-order chi connectivity index (χ1) is 16.9. The van der Waals surface area contributed by atoms with Gasteiger partial charge in [-0.2, -0.15) is 0 Å². The lowest BCUT2D eigenvalue weighted by Crippen LogP contribution is -2.38. The highest BCUT2D eigenvalue weighted by Gasteiger charge is 2.36. The fourth-order valence-corrected chi connectivity index (χ4v) is 5.40. The summed E-state index contributed by atoms with van der Waals surface area (Å²) in [6.07, 6.45) is 5.82. The van der Waals surface area contributed by atoms with E-state index in [4.69, 9.17) is 4.74 Å². The Hall–Kier alpha value is -3.41. The van der Waals surface area contributed by atoms with Crippen LogP contribution in [0.2, 0.25) is 0 Å². The molecule has 35 heavy (non-hydrogen) atoms. The van der Waals surface area contributed by atoms with Gasteiger partial charge < -0.3 is 14.2 Å². The van der Waals surface area contributed by atoms with Crippen LogP contribution in [0.15, 0.2) is 49.0 Å². The largest absolute Gasteiger partial charge is 0.486 e. The second-order valence-corrected chi connectivity index (χ2v) is 10.1. The Bertz CT molecular complexity index is 1240. The van der Waals surface area contributed by atoms with Crippen LogP contribution in [0.4, 0.5) is 0 Å².